The lowest BCUT2D eigenvalue weighted by Crippen LogP contribution is -2.34. The predicted molar refractivity (Wildman–Crippen MR) is 114 cm³/mol. The molecule has 7 nitrogen and oxygen atoms in total. The molecule has 1 aliphatic rings. The van der Waals surface area contributed by atoms with Gasteiger partial charge in [-0.3, -0.25) is 14.5 Å². The van der Waals surface area contributed by atoms with Crippen LogP contribution in [0.3, 0.4) is 0 Å². The lowest BCUT2D eigenvalue weighted by atomic mass is 10.1. The number of amides is 2. The molecule has 29 heavy (non-hydrogen) atoms. The van der Waals surface area contributed by atoms with Gasteiger partial charge in [-0.15, -0.1) is 0 Å². The third-order valence-electron chi connectivity index (χ3n) is 4.65. The monoisotopic (exact) mass is 396 g/mol. The molecule has 0 aliphatic carbocycles. The van der Waals surface area contributed by atoms with Crippen LogP contribution in [0.25, 0.3) is 0 Å². The van der Waals surface area contributed by atoms with E-state index in [4.69, 9.17) is 4.74 Å². The molecule has 0 saturated heterocycles. The summed E-state index contributed by atoms with van der Waals surface area (Å²) in [6.45, 7) is 4.40. The van der Waals surface area contributed by atoms with Crippen LogP contribution in [0.1, 0.15) is 11.1 Å². The van der Waals surface area contributed by atoms with Crippen molar-refractivity contribution in [3.8, 4) is 5.75 Å². The van der Waals surface area contributed by atoms with E-state index >= 15 is 0 Å². The fourth-order valence-corrected chi connectivity index (χ4v) is 3.23. The highest BCUT2D eigenvalue weighted by Crippen LogP contribution is 2.23. The molecule has 0 radical (unpaired) electrons. The summed E-state index contributed by atoms with van der Waals surface area (Å²) in [6.07, 6.45) is 0. The number of hydrogen-bond donors (Lipinski definition) is 2. The summed E-state index contributed by atoms with van der Waals surface area (Å²) in [7, 11) is 3.68. The maximum Gasteiger partial charge on any atom is 0.238 e. The third-order valence-corrected chi connectivity index (χ3v) is 4.65. The molecule has 2 N–H and O–H groups in total. The van der Waals surface area contributed by atoms with Crippen LogP contribution < -0.4 is 15.4 Å². The van der Waals surface area contributed by atoms with Crippen molar-refractivity contribution in [1.29, 1.82) is 0 Å². The fourth-order valence-electron chi connectivity index (χ4n) is 3.23. The molecule has 154 valence electrons. The number of fused-ring (bicyclic) bond motifs is 1. The molecule has 0 fully saturated rings. The van der Waals surface area contributed by atoms with Crippen molar-refractivity contribution in [2.75, 3.05) is 51.0 Å². The number of rotatable bonds is 6. The lowest BCUT2D eigenvalue weighted by molar-refractivity contribution is -0.118. The SMILES string of the molecule is Cc1ccc(NC(=O)CN(C)C)cc1NC(=O)CN1CCOc2ccccc2C1. The van der Waals surface area contributed by atoms with Crippen molar-refractivity contribution < 1.29 is 14.3 Å². The van der Waals surface area contributed by atoms with Gasteiger partial charge < -0.3 is 20.3 Å². The minimum absolute atomic E-state index is 0.0933. The quantitative estimate of drug-likeness (QED) is 0.784. The van der Waals surface area contributed by atoms with Gasteiger partial charge in [0.2, 0.25) is 11.8 Å². The van der Waals surface area contributed by atoms with Gasteiger partial charge in [0.1, 0.15) is 12.4 Å². The van der Waals surface area contributed by atoms with Gasteiger partial charge in [-0.1, -0.05) is 24.3 Å². The van der Waals surface area contributed by atoms with Crippen LogP contribution in [0.15, 0.2) is 42.5 Å². The number of nitrogens with one attached hydrogen (secondary N) is 2. The van der Waals surface area contributed by atoms with Gasteiger partial charge >= 0.3 is 0 Å². The zero-order valence-corrected chi connectivity index (χ0v) is 17.2. The van der Waals surface area contributed by atoms with E-state index in [1.54, 1.807) is 11.0 Å². The van der Waals surface area contributed by atoms with E-state index in [1.807, 2.05) is 57.4 Å². The zero-order valence-electron chi connectivity index (χ0n) is 17.2. The van der Waals surface area contributed by atoms with Crippen molar-refractivity contribution in [2.24, 2.45) is 0 Å². The maximum atomic E-state index is 12.6. The largest absolute Gasteiger partial charge is 0.492 e. The molecule has 2 amide bonds. The molecule has 2 aromatic rings. The van der Waals surface area contributed by atoms with Crippen LogP contribution in [0.2, 0.25) is 0 Å². The van der Waals surface area contributed by atoms with Gasteiger partial charge in [-0.05, 0) is 44.8 Å². The molecule has 7 heteroatoms. The smallest absolute Gasteiger partial charge is 0.238 e. The fraction of sp³-hybridized carbons (Fsp3) is 0.364. The molecule has 1 aliphatic heterocycles. The minimum atomic E-state index is -0.0978. The molecule has 0 saturated carbocycles. The molecular weight excluding hydrogens is 368 g/mol. The van der Waals surface area contributed by atoms with Crippen molar-refractivity contribution in [1.82, 2.24) is 9.80 Å². The van der Waals surface area contributed by atoms with Crippen LogP contribution in [0, 0.1) is 6.92 Å². The summed E-state index contributed by atoms with van der Waals surface area (Å²) in [6, 6.07) is 13.4. The number of nitrogens with zero attached hydrogens (tertiary/aromatic N) is 2. The molecule has 2 aromatic carbocycles. The zero-order chi connectivity index (χ0) is 20.8. The van der Waals surface area contributed by atoms with Crippen LogP contribution in [0.4, 0.5) is 11.4 Å². The van der Waals surface area contributed by atoms with Crippen molar-refractivity contribution >= 4 is 23.2 Å². The summed E-state index contributed by atoms with van der Waals surface area (Å²) in [4.78, 5) is 28.5. The van der Waals surface area contributed by atoms with Gasteiger partial charge in [0, 0.05) is 30.0 Å². The third kappa shape index (κ3) is 6.04. The second kappa shape index (κ2) is 9.54. The second-order valence-electron chi connectivity index (χ2n) is 7.53. The van der Waals surface area contributed by atoms with E-state index in [2.05, 4.69) is 15.5 Å². The highest BCUT2D eigenvalue weighted by atomic mass is 16.5. The Bertz CT molecular complexity index is 882. The number of para-hydroxylation sites is 1. The average molecular weight is 396 g/mol. The number of carbonyl (C=O) groups is 2. The van der Waals surface area contributed by atoms with E-state index in [0.717, 1.165) is 16.9 Å². The average Bonchev–Trinajstić information content (AvgIpc) is 2.85. The van der Waals surface area contributed by atoms with E-state index in [0.29, 0.717) is 37.6 Å². The van der Waals surface area contributed by atoms with Crippen LogP contribution in [-0.4, -0.2) is 62.0 Å². The summed E-state index contributed by atoms with van der Waals surface area (Å²) < 4.78 is 5.76. The minimum Gasteiger partial charge on any atom is -0.492 e. The first kappa shape index (κ1) is 20.8. The van der Waals surface area contributed by atoms with Gasteiger partial charge in [-0.2, -0.15) is 0 Å². The normalized spacial score (nSPS) is 13.9. The molecular formula is C22H28N4O3. The number of aryl methyl sites for hydroxylation is 1. The number of ether oxygens (including phenoxy) is 1. The first-order chi connectivity index (χ1) is 13.9. The number of hydrogen-bond acceptors (Lipinski definition) is 5. The van der Waals surface area contributed by atoms with Crippen molar-refractivity contribution in [3.63, 3.8) is 0 Å². The topological polar surface area (TPSA) is 73.9 Å². The molecule has 0 aromatic heterocycles. The second-order valence-corrected chi connectivity index (χ2v) is 7.53. The van der Waals surface area contributed by atoms with Gasteiger partial charge in [0.15, 0.2) is 0 Å². The number of benzene rings is 2. The van der Waals surface area contributed by atoms with Crippen molar-refractivity contribution in [3.05, 3.63) is 53.6 Å². The summed E-state index contributed by atoms with van der Waals surface area (Å²) >= 11 is 0. The van der Waals surface area contributed by atoms with E-state index in [-0.39, 0.29) is 18.4 Å². The molecule has 0 unspecified atom stereocenters. The number of likely N-dealkylation sites (N-methyl/N-ethyl adjacent to an activating group) is 1. The lowest BCUT2D eigenvalue weighted by Gasteiger charge is -2.19. The van der Waals surface area contributed by atoms with Crippen LogP contribution in [0.5, 0.6) is 5.75 Å². The molecule has 0 bridgehead atoms. The Morgan fingerprint density at radius 3 is 2.69 bits per heavy atom. The van der Waals surface area contributed by atoms with E-state index in [9.17, 15) is 9.59 Å². The van der Waals surface area contributed by atoms with Crippen LogP contribution >= 0.6 is 0 Å². The molecule has 0 spiro atoms. The number of anilines is 2. The Morgan fingerprint density at radius 1 is 1.10 bits per heavy atom. The Kier molecular flexibility index (Phi) is 6.85. The standard InChI is InChI=1S/C22H28N4O3/c1-16-8-9-18(23-21(27)14-25(2)3)12-19(16)24-22(28)15-26-10-11-29-20-7-5-4-6-17(20)13-26/h4-9,12H,10-11,13-15H2,1-3H3,(H,23,27)(H,24,28). The van der Waals surface area contributed by atoms with Gasteiger partial charge in [0.25, 0.3) is 0 Å². The Labute approximate surface area is 171 Å². The van der Waals surface area contributed by atoms with Gasteiger partial charge in [0.05, 0.1) is 13.1 Å². The Balaban J connectivity index is 1.61. The highest BCUT2D eigenvalue weighted by Gasteiger charge is 2.18. The first-order valence-electron chi connectivity index (χ1n) is 9.69. The molecule has 0 atom stereocenters. The molecule has 3 rings (SSSR count). The number of carbonyl (C=O) groups excluding carboxylic acids is 2. The highest BCUT2D eigenvalue weighted by molar-refractivity contribution is 5.96. The van der Waals surface area contributed by atoms with Crippen molar-refractivity contribution in [2.45, 2.75) is 13.5 Å². The maximum absolute atomic E-state index is 12.6. The Morgan fingerprint density at radius 2 is 1.90 bits per heavy atom. The predicted octanol–water partition coefficient (Wildman–Crippen LogP) is 2.33. The van der Waals surface area contributed by atoms with E-state index in [1.165, 1.54) is 0 Å². The first-order valence-corrected chi connectivity index (χ1v) is 9.69. The van der Waals surface area contributed by atoms with Crippen LogP contribution in [-0.2, 0) is 16.1 Å². The summed E-state index contributed by atoms with van der Waals surface area (Å²) in [5.41, 5.74) is 3.38. The summed E-state index contributed by atoms with van der Waals surface area (Å²) in [5, 5.41) is 5.83. The Hall–Kier alpha value is -2.90. The van der Waals surface area contributed by atoms with E-state index < -0.39 is 0 Å². The summed E-state index contributed by atoms with van der Waals surface area (Å²) in [5.74, 6) is 0.691. The van der Waals surface area contributed by atoms with Gasteiger partial charge in [-0.25, -0.2) is 0 Å². The molecule has 1 heterocycles.